The van der Waals surface area contributed by atoms with Gasteiger partial charge in [-0.25, -0.2) is 4.39 Å². The van der Waals surface area contributed by atoms with Gasteiger partial charge in [-0.2, -0.15) is 13.2 Å². The predicted octanol–water partition coefficient (Wildman–Crippen LogP) is 6.15. The van der Waals surface area contributed by atoms with Crippen LogP contribution in [0.25, 0.3) is 0 Å². The Balaban J connectivity index is 1.71. The Bertz CT molecular complexity index is 1380. The van der Waals surface area contributed by atoms with E-state index in [1.165, 1.54) is 24.3 Å². The summed E-state index contributed by atoms with van der Waals surface area (Å²) in [6, 6.07) is 16.8. The number of nitrogens with one attached hydrogen (secondary N) is 1. The second-order valence-electron chi connectivity index (χ2n) is 8.96. The molecule has 5 nitrogen and oxygen atoms in total. The van der Waals surface area contributed by atoms with Gasteiger partial charge in [0.05, 0.1) is 30.4 Å². The number of hydrogen-bond donors (Lipinski definition) is 1. The first-order valence-electron chi connectivity index (χ1n) is 11.6. The summed E-state index contributed by atoms with van der Waals surface area (Å²) in [6.07, 6.45) is -3.42. The van der Waals surface area contributed by atoms with Crippen LogP contribution in [0, 0.1) is 11.7 Å². The molecule has 9 heteroatoms. The molecule has 1 N–H and O–H groups in total. The lowest BCUT2D eigenvalue weighted by atomic mass is 9.76. The standard InChI is InChI=1S/C28H22F4N2O3/c1-37-20-11-9-16(10-12-20)18-14-22-25(24(35)15-18)26(17-5-4-6-19(29)13-17)34(27(36)28(30,31)32)23-8-3-2-7-21(23)33-22/h2-14,18,25-26,33H,15H2,1H3. The molecule has 0 fully saturated rings. The fraction of sp³-hybridized carbons (Fsp3) is 0.214. The van der Waals surface area contributed by atoms with Crippen LogP contribution in [0.5, 0.6) is 5.75 Å². The number of allylic oxidation sites excluding steroid dienone is 1. The van der Waals surface area contributed by atoms with E-state index in [9.17, 15) is 27.2 Å². The molecule has 0 bridgehead atoms. The predicted molar refractivity (Wildman–Crippen MR) is 130 cm³/mol. The number of halogens is 4. The summed E-state index contributed by atoms with van der Waals surface area (Å²) in [4.78, 5) is 27.2. The van der Waals surface area contributed by atoms with Gasteiger partial charge in [0.15, 0.2) is 0 Å². The van der Waals surface area contributed by atoms with Crippen molar-refractivity contribution in [3.8, 4) is 5.75 Å². The summed E-state index contributed by atoms with van der Waals surface area (Å²) in [5, 5.41) is 3.13. The molecule has 3 aromatic carbocycles. The third kappa shape index (κ3) is 4.57. The summed E-state index contributed by atoms with van der Waals surface area (Å²) in [7, 11) is 1.54. The zero-order chi connectivity index (χ0) is 26.3. The van der Waals surface area contributed by atoms with Crippen molar-refractivity contribution in [1.29, 1.82) is 0 Å². The number of ether oxygens (including phenoxy) is 1. The minimum Gasteiger partial charge on any atom is -0.497 e. The van der Waals surface area contributed by atoms with Crippen LogP contribution >= 0.6 is 0 Å². The van der Waals surface area contributed by atoms with Gasteiger partial charge in [-0.15, -0.1) is 0 Å². The Morgan fingerprint density at radius 2 is 1.73 bits per heavy atom. The summed E-state index contributed by atoms with van der Waals surface area (Å²) in [5.74, 6) is -4.08. The number of anilines is 2. The molecule has 3 atom stereocenters. The van der Waals surface area contributed by atoms with Crippen LogP contribution in [0.2, 0.25) is 0 Å². The van der Waals surface area contributed by atoms with Crippen LogP contribution < -0.4 is 15.0 Å². The highest BCUT2D eigenvalue weighted by Gasteiger charge is 2.51. The van der Waals surface area contributed by atoms with Crippen molar-refractivity contribution >= 4 is 23.1 Å². The number of alkyl halides is 3. The van der Waals surface area contributed by atoms with E-state index in [-0.39, 0.29) is 35.1 Å². The molecular weight excluding hydrogens is 488 g/mol. The lowest BCUT2D eigenvalue weighted by Crippen LogP contribution is -2.47. The molecule has 0 saturated heterocycles. The first kappa shape index (κ1) is 24.5. The van der Waals surface area contributed by atoms with Crippen LogP contribution in [0.1, 0.15) is 29.5 Å². The molecule has 190 valence electrons. The quantitative estimate of drug-likeness (QED) is 0.430. The van der Waals surface area contributed by atoms with Crippen LogP contribution in [0.4, 0.5) is 28.9 Å². The molecule has 0 aromatic heterocycles. The van der Waals surface area contributed by atoms with Gasteiger partial charge >= 0.3 is 12.1 Å². The molecule has 2 aliphatic rings. The van der Waals surface area contributed by atoms with E-state index in [2.05, 4.69) is 5.32 Å². The summed E-state index contributed by atoms with van der Waals surface area (Å²) in [6.45, 7) is 0. The normalized spacial score (nSPS) is 21.2. The van der Waals surface area contributed by atoms with Gasteiger partial charge in [-0.3, -0.25) is 14.5 Å². The van der Waals surface area contributed by atoms with Crippen LogP contribution in [-0.4, -0.2) is 25.0 Å². The largest absolute Gasteiger partial charge is 0.497 e. The monoisotopic (exact) mass is 510 g/mol. The van der Waals surface area contributed by atoms with Gasteiger partial charge in [0, 0.05) is 18.0 Å². The Morgan fingerprint density at radius 1 is 1.00 bits per heavy atom. The van der Waals surface area contributed by atoms with Gasteiger partial charge in [-0.05, 0) is 47.5 Å². The Morgan fingerprint density at radius 3 is 2.41 bits per heavy atom. The number of rotatable bonds is 3. The van der Waals surface area contributed by atoms with Crippen molar-refractivity contribution in [2.24, 2.45) is 5.92 Å². The zero-order valence-corrected chi connectivity index (χ0v) is 19.6. The number of hydrogen-bond acceptors (Lipinski definition) is 4. The number of fused-ring (bicyclic) bond motifs is 2. The van der Waals surface area contributed by atoms with Gasteiger partial charge in [0.1, 0.15) is 17.3 Å². The smallest absolute Gasteiger partial charge is 0.471 e. The fourth-order valence-electron chi connectivity index (χ4n) is 5.08. The van der Waals surface area contributed by atoms with Crippen molar-refractivity contribution < 1.29 is 31.9 Å². The number of amides is 1. The third-order valence-corrected chi connectivity index (χ3v) is 6.72. The van der Waals surface area contributed by atoms with Crippen LogP contribution in [0.3, 0.4) is 0 Å². The van der Waals surface area contributed by atoms with E-state index in [4.69, 9.17) is 4.74 Å². The molecule has 0 radical (unpaired) electrons. The third-order valence-electron chi connectivity index (χ3n) is 6.72. The number of carbonyl (C=O) groups is 2. The van der Waals surface area contributed by atoms with Crippen LogP contribution in [0.15, 0.2) is 84.6 Å². The van der Waals surface area contributed by atoms with E-state index >= 15 is 0 Å². The van der Waals surface area contributed by atoms with E-state index in [0.717, 1.165) is 17.7 Å². The van der Waals surface area contributed by atoms with Gasteiger partial charge in [0.2, 0.25) is 0 Å². The van der Waals surface area contributed by atoms with E-state index in [1.54, 1.807) is 37.5 Å². The highest BCUT2D eigenvalue weighted by molar-refractivity contribution is 6.03. The molecule has 37 heavy (non-hydrogen) atoms. The number of methoxy groups -OCH3 is 1. The number of Topliss-reactive ketones (excluding diaryl/α,β-unsaturated/α-hetero) is 1. The second-order valence-corrected chi connectivity index (χ2v) is 8.96. The van der Waals surface area contributed by atoms with Gasteiger partial charge in [0.25, 0.3) is 0 Å². The molecule has 1 aliphatic carbocycles. The molecular formula is C28H22F4N2O3. The number of carbonyl (C=O) groups excluding carboxylic acids is 2. The maximum Gasteiger partial charge on any atom is 0.471 e. The lowest BCUT2D eigenvalue weighted by Gasteiger charge is -2.37. The minimum absolute atomic E-state index is 0.00160. The van der Waals surface area contributed by atoms with Crippen molar-refractivity contribution in [2.75, 3.05) is 17.3 Å². The maximum absolute atomic E-state index is 14.3. The lowest BCUT2D eigenvalue weighted by molar-refractivity contribution is -0.171. The van der Waals surface area contributed by atoms with Crippen molar-refractivity contribution in [2.45, 2.75) is 24.6 Å². The van der Waals surface area contributed by atoms with Gasteiger partial charge in [-0.1, -0.05) is 42.5 Å². The number of para-hydroxylation sites is 2. The summed E-state index contributed by atoms with van der Waals surface area (Å²) < 4.78 is 61.2. The first-order chi connectivity index (χ1) is 17.7. The molecule has 1 heterocycles. The van der Waals surface area contributed by atoms with E-state index in [1.807, 2.05) is 12.1 Å². The molecule has 0 saturated carbocycles. The Kier molecular flexibility index (Phi) is 6.23. The number of benzene rings is 3. The van der Waals surface area contributed by atoms with Gasteiger partial charge < -0.3 is 10.1 Å². The molecule has 5 rings (SSSR count). The topological polar surface area (TPSA) is 58.6 Å². The molecule has 3 unspecified atom stereocenters. The van der Waals surface area contributed by atoms with E-state index in [0.29, 0.717) is 16.3 Å². The minimum atomic E-state index is -5.23. The Hall–Kier alpha value is -4.14. The Labute approximate surface area is 210 Å². The van der Waals surface area contributed by atoms with E-state index < -0.39 is 29.9 Å². The van der Waals surface area contributed by atoms with Crippen LogP contribution in [-0.2, 0) is 9.59 Å². The second kappa shape index (κ2) is 9.38. The fourth-order valence-corrected chi connectivity index (χ4v) is 5.08. The molecule has 0 spiro atoms. The van der Waals surface area contributed by atoms with Crippen molar-refractivity contribution in [3.63, 3.8) is 0 Å². The molecule has 1 amide bonds. The average Bonchev–Trinajstić information content (AvgIpc) is 3.02. The number of ketones is 1. The first-order valence-corrected chi connectivity index (χ1v) is 11.6. The maximum atomic E-state index is 14.3. The zero-order valence-electron chi connectivity index (χ0n) is 19.6. The summed E-state index contributed by atoms with van der Waals surface area (Å²) in [5.41, 5.74) is 1.45. The molecule has 1 aliphatic heterocycles. The van der Waals surface area contributed by atoms with Crippen molar-refractivity contribution in [3.05, 3.63) is 102 Å². The molecule has 3 aromatic rings. The highest BCUT2D eigenvalue weighted by atomic mass is 19.4. The summed E-state index contributed by atoms with van der Waals surface area (Å²) >= 11 is 0. The number of nitrogens with zero attached hydrogens (tertiary/aromatic N) is 1. The highest BCUT2D eigenvalue weighted by Crippen LogP contribution is 2.49. The average molecular weight is 510 g/mol. The SMILES string of the molecule is COc1ccc(C2C=C3Nc4ccccc4N(C(=O)C(F)(F)F)C(c4cccc(F)c4)C3C(=O)C2)cc1. The van der Waals surface area contributed by atoms with Crippen molar-refractivity contribution in [1.82, 2.24) is 0 Å².